The summed E-state index contributed by atoms with van der Waals surface area (Å²) in [5.41, 5.74) is 1.17. The molecule has 0 fully saturated rings. The topological polar surface area (TPSA) is 40.7 Å². The highest BCUT2D eigenvalue weighted by Crippen LogP contribution is 2.09. The fourth-order valence-corrected chi connectivity index (χ4v) is 1.61. The Bertz CT molecular complexity index is 241. The smallest absolute Gasteiger partial charge is 0.0518 e. The lowest BCUT2D eigenvalue weighted by Gasteiger charge is -2.11. The van der Waals surface area contributed by atoms with Crippen molar-refractivity contribution in [3.8, 4) is 0 Å². The third-order valence-electron chi connectivity index (χ3n) is 2.65. The van der Waals surface area contributed by atoms with Crippen LogP contribution in [0.3, 0.4) is 0 Å². The Morgan fingerprint density at radius 1 is 1.33 bits per heavy atom. The van der Waals surface area contributed by atoms with Gasteiger partial charge in [-0.25, -0.2) is 0 Å². The summed E-state index contributed by atoms with van der Waals surface area (Å²) >= 11 is 0. The van der Waals surface area contributed by atoms with Gasteiger partial charge in [-0.3, -0.25) is 5.10 Å². The van der Waals surface area contributed by atoms with Crippen LogP contribution in [0.2, 0.25) is 0 Å². The van der Waals surface area contributed by atoms with Crippen LogP contribution in [-0.4, -0.2) is 16.7 Å². The van der Waals surface area contributed by atoms with Gasteiger partial charge in [0.25, 0.3) is 0 Å². The molecule has 0 saturated heterocycles. The van der Waals surface area contributed by atoms with Crippen LogP contribution in [0.15, 0.2) is 12.3 Å². The van der Waals surface area contributed by atoms with E-state index < -0.39 is 0 Å². The number of rotatable bonds is 7. The lowest BCUT2D eigenvalue weighted by molar-refractivity contribution is 0.494. The van der Waals surface area contributed by atoms with Gasteiger partial charge in [-0.05, 0) is 31.9 Å². The van der Waals surface area contributed by atoms with Crippen molar-refractivity contribution in [3.63, 3.8) is 0 Å². The molecule has 15 heavy (non-hydrogen) atoms. The molecule has 0 spiro atoms. The molecule has 0 amide bonds. The largest absolute Gasteiger partial charge is 0.309 e. The number of hydrogen-bond donors (Lipinski definition) is 2. The third kappa shape index (κ3) is 4.98. The van der Waals surface area contributed by atoms with Crippen molar-refractivity contribution >= 4 is 0 Å². The van der Waals surface area contributed by atoms with Crippen LogP contribution in [0, 0.1) is 5.92 Å². The van der Waals surface area contributed by atoms with Crippen LogP contribution < -0.4 is 5.32 Å². The summed E-state index contributed by atoms with van der Waals surface area (Å²) in [4.78, 5) is 0. The molecule has 86 valence electrons. The first-order chi connectivity index (χ1) is 7.20. The van der Waals surface area contributed by atoms with E-state index in [1.165, 1.54) is 25.0 Å². The van der Waals surface area contributed by atoms with Crippen molar-refractivity contribution in [2.75, 3.05) is 6.54 Å². The third-order valence-corrected chi connectivity index (χ3v) is 2.65. The Labute approximate surface area is 92.7 Å². The van der Waals surface area contributed by atoms with E-state index in [-0.39, 0.29) is 0 Å². The van der Waals surface area contributed by atoms with Gasteiger partial charge in [-0.15, -0.1) is 0 Å². The van der Waals surface area contributed by atoms with Gasteiger partial charge in [0.15, 0.2) is 0 Å². The molecule has 1 heterocycles. The van der Waals surface area contributed by atoms with E-state index >= 15 is 0 Å². The maximum atomic E-state index is 3.95. The first-order valence-electron chi connectivity index (χ1n) is 5.93. The lowest BCUT2D eigenvalue weighted by atomic mass is 10.1. The Morgan fingerprint density at radius 3 is 2.73 bits per heavy atom. The molecule has 0 aliphatic heterocycles. The average molecular weight is 209 g/mol. The molecule has 1 unspecified atom stereocenters. The Morgan fingerprint density at radius 2 is 2.13 bits per heavy atom. The van der Waals surface area contributed by atoms with Crippen LogP contribution in [0.5, 0.6) is 0 Å². The second-order valence-corrected chi connectivity index (χ2v) is 4.58. The Hall–Kier alpha value is -0.830. The molecule has 0 aliphatic carbocycles. The zero-order valence-corrected chi connectivity index (χ0v) is 10.1. The highest BCUT2D eigenvalue weighted by molar-refractivity contribution is 5.02. The quantitative estimate of drug-likeness (QED) is 0.678. The first kappa shape index (κ1) is 12.2. The number of aromatic amines is 1. The van der Waals surface area contributed by atoms with Crippen LogP contribution in [-0.2, 0) is 0 Å². The minimum Gasteiger partial charge on any atom is -0.309 e. The molecule has 1 rings (SSSR count). The SMILES string of the molecule is CC(C)CCCCNC(C)c1ccn[nH]1. The Balaban J connectivity index is 2.05. The number of H-pyrrole nitrogens is 1. The summed E-state index contributed by atoms with van der Waals surface area (Å²) in [6.45, 7) is 7.81. The average Bonchev–Trinajstić information content (AvgIpc) is 2.69. The highest BCUT2D eigenvalue weighted by atomic mass is 15.1. The molecule has 1 atom stereocenters. The van der Waals surface area contributed by atoms with Crippen molar-refractivity contribution in [3.05, 3.63) is 18.0 Å². The molecule has 1 aromatic heterocycles. The van der Waals surface area contributed by atoms with Crippen molar-refractivity contribution in [1.82, 2.24) is 15.5 Å². The molecular weight excluding hydrogens is 186 g/mol. The molecule has 0 radical (unpaired) electrons. The molecule has 0 aliphatic rings. The van der Waals surface area contributed by atoms with Gasteiger partial charge in [-0.2, -0.15) is 5.10 Å². The predicted octanol–water partition coefficient (Wildman–Crippen LogP) is 2.89. The first-order valence-corrected chi connectivity index (χ1v) is 5.93. The number of aromatic nitrogens is 2. The van der Waals surface area contributed by atoms with Gasteiger partial charge in [0, 0.05) is 12.2 Å². The normalized spacial score (nSPS) is 13.3. The lowest BCUT2D eigenvalue weighted by Crippen LogP contribution is -2.20. The van der Waals surface area contributed by atoms with Gasteiger partial charge in [-0.1, -0.05) is 26.7 Å². The van der Waals surface area contributed by atoms with Gasteiger partial charge < -0.3 is 5.32 Å². The van der Waals surface area contributed by atoms with Crippen LogP contribution >= 0.6 is 0 Å². The van der Waals surface area contributed by atoms with E-state index in [2.05, 4.69) is 36.3 Å². The molecule has 3 heteroatoms. The van der Waals surface area contributed by atoms with Crippen molar-refractivity contribution < 1.29 is 0 Å². The fraction of sp³-hybridized carbons (Fsp3) is 0.750. The fourth-order valence-electron chi connectivity index (χ4n) is 1.61. The minimum atomic E-state index is 0.381. The van der Waals surface area contributed by atoms with E-state index in [4.69, 9.17) is 0 Å². The van der Waals surface area contributed by atoms with Gasteiger partial charge >= 0.3 is 0 Å². The van der Waals surface area contributed by atoms with Gasteiger partial charge in [0.05, 0.1) is 5.69 Å². The summed E-state index contributed by atoms with van der Waals surface area (Å²) in [5.74, 6) is 0.829. The standard InChI is InChI=1S/C12H23N3/c1-10(2)6-4-5-8-13-11(3)12-7-9-14-15-12/h7,9-11,13H,4-6,8H2,1-3H3,(H,14,15). The van der Waals surface area contributed by atoms with Crippen LogP contribution in [0.1, 0.15) is 51.8 Å². The molecule has 3 nitrogen and oxygen atoms in total. The molecule has 0 aromatic carbocycles. The second kappa shape index (κ2) is 6.62. The maximum absolute atomic E-state index is 3.95. The van der Waals surface area contributed by atoms with E-state index in [1.807, 2.05) is 6.07 Å². The van der Waals surface area contributed by atoms with Gasteiger partial charge in [0.1, 0.15) is 0 Å². The number of unbranched alkanes of at least 4 members (excludes halogenated alkanes) is 1. The molecule has 2 N–H and O–H groups in total. The van der Waals surface area contributed by atoms with Crippen LogP contribution in [0.25, 0.3) is 0 Å². The van der Waals surface area contributed by atoms with E-state index in [1.54, 1.807) is 6.20 Å². The Kier molecular flexibility index (Phi) is 5.40. The van der Waals surface area contributed by atoms with E-state index in [0.717, 1.165) is 12.5 Å². The van der Waals surface area contributed by atoms with Crippen molar-refractivity contribution in [1.29, 1.82) is 0 Å². The second-order valence-electron chi connectivity index (χ2n) is 4.58. The highest BCUT2D eigenvalue weighted by Gasteiger charge is 2.04. The van der Waals surface area contributed by atoms with E-state index in [0.29, 0.717) is 6.04 Å². The summed E-state index contributed by atoms with van der Waals surface area (Å²) in [7, 11) is 0. The summed E-state index contributed by atoms with van der Waals surface area (Å²) in [6, 6.07) is 2.40. The van der Waals surface area contributed by atoms with E-state index in [9.17, 15) is 0 Å². The summed E-state index contributed by atoms with van der Waals surface area (Å²) < 4.78 is 0. The van der Waals surface area contributed by atoms with Crippen molar-refractivity contribution in [2.24, 2.45) is 5.92 Å². The number of nitrogens with zero attached hydrogens (tertiary/aromatic N) is 1. The minimum absolute atomic E-state index is 0.381. The molecule has 0 saturated carbocycles. The summed E-state index contributed by atoms with van der Waals surface area (Å²) in [6.07, 6.45) is 5.71. The number of hydrogen-bond acceptors (Lipinski definition) is 2. The summed E-state index contributed by atoms with van der Waals surface area (Å²) in [5, 5.41) is 10.4. The molecule has 1 aromatic rings. The predicted molar refractivity (Wildman–Crippen MR) is 63.7 cm³/mol. The van der Waals surface area contributed by atoms with Crippen molar-refractivity contribution in [2.45, 2.75) is 46.1 Å². The zero-order chi connectivity index (χ0) is 11.1. The molecular formula is C12H23N3. The number of nitrogens with one attached hydrogen (secondary N) is 2. The zero-order valence-electron chi connectivity index (χ0n) is 10.1. The maximum Gasteiger partial charge on any atom is 0.0518 e. The molecule has 0 bridgehead atoms. The monoisotopic (exact) mass is 209 g/mol. The van der Waals surface area contributed by atoms with Crippen LogP contribution in [0.4, 0.5) is 0 Å². The van der Waals surface area contributed by atoms with Gasteiger partial charge in [0.2, 0.25) is 0 Å².